The molecule has 2 atom stereocenters. The second-order valence-electron chi connectivity index (χ2n) is 3.93. The number of carbonyl (C=O) groups excluding carboxylic acids is 1. The predicted molar refractivity (Wildman–Crippen MR) is 48.8 cm³/mol. The maximum atomic E-state index is 11.5. The minimum atomic E-state index is 0.198. The van der Waals surface area contributed by atoms with Crippen LogP contribution in [0.5, 0.6) is 0 Å². The monoisotopic (exact) mass is 170 g/mol. The Morgan fingerprint density at radius 1 is 1.42 bits per heavy atom. The molecule has 0 saturated carbocycles. The van der Waals surface area contributed by atoms with Crippen LogP contribution in [0.15, 0.2) is 0 Å². The SMILES string of the molecule is C[C@@H]1CNC[C@H](C(=O)N(C)C)C1. The third-order valence-electron chi connectivity index (χ3n) is 2.36. The fourth-order valence-corrected chi connectivity index (χ4v) is 1.71. The fourth-order valence-electron chi connectivity index (χ4n) is 1.71. The first-order valence-corrected chi connectivity index (χ1v) is 4.53. The highest BCUT2D eigenvalue weighted by Gasteiger charge is 2.25. The smallest absolute Gasteiger partial charge is 0.226 e. The number of rotatable bonds is 1. The van der Waals surface area contributed by atoms with Gasteiger partial charge in [0.05, 0.1) is 5.92 Å². The molecule has 3 heteroatoms. The normalized spacial score (nSPS) is 29.9. The van der Waals surface area contributed by atoms with Crippen molar-refractivity contribution in [1.82, 2.24) is 10.2 Å². The molecule has 0 aliphatic carbocycles. The van der Waals surface area contributed by atoms with Crippen molar-refractivity contribution in [2.24, 2.45) is 11.8 Å². The zero-order chi connectivity index (χ0) is 9.14. The van der Waals surface area contributed by atoms with Crippen LogP contribution >= 0.6 is 0 Å². The van der Waals surface area contributed by atoms with Crippen LogP contribution in [0.3, 0.4) is 0 Å². The number of carbonyl (C=O) groups is 1. The minimum absolute atomic E-state index is 0.198. The van der Waals surface area contributed by atoms with E-state index >= 15 is 0 Å². The summed E-state index contributed by atoms with van der Waals surface area (Å²) in [4.78, 5) is 13.2. The lowest BCUT2D eigenvalue weighted by Gasteiger charge is -2.28. The third-order valence-corrected chi connectivity index (χ3v) is 2.36. The Balaban J connectivity index is 2.46. The van der Waals surface area contributed by atoms with Gasteiger partial charge in [-0.05, 0) is 18.9 Å². The second-order valence-corrected chi connectivity index (χ2v) is 3.93. The van der Waals surface area contributed by atoms with E-state index in [9.17, 15) is 4.79 Å². The van der Waals surface area contributed by atoms with E-state index < -0.39 is 0 Å². The van der Waals surface area contributed by atoms with Crippen molar-refractivity contribution >= 4 is 5.91 Å². The van der Waals surface area contributed by atoms with Crippen molar-refractivity contribution in [3.63, 3.8) is 0 Å². The Labute approximate surface area is 74.1 Å². The van der Waals surface area contributed by atoms with E-state index in [0.717, 1.165) is 19.5 Å². The van der Waals surface area contributed by atoms with E-state index in [1.807, 2.05) is 14.1 Å². The third kappa shape index (κ3) is 2.21. The second kappa shape index (κ2) is 3.90. The largest absolute Gasteiger partial charge is 0.349 e. The van der Waals surface area contributed by atoms with Crippen LogP contribution in [0.1, 0.15) is 13.3 Å². The first-order chi connectivity index (χ1) is 5.61. The maximum Gasteiger partial charge on any atom is 0.226 e. The van der Waals surface area contributed by atoms with E-state index in [2.05, 4.69) is 12.2 Å². The van der Waals surface area contributed by atoms with Gasteiger partial charge in [0, 0.05) is 20.6 Å². The van der Waals surface area contributed by atoms with Crippen molar-refractivity contribution in [2.75, 3.05) is 27.2 Å². The molecule has 1 N–H and O–H groups in total. The summed E-state index contributed by atoms with van der Waals surface area (Å²) in [5.41, 5.74) is 0. The van der Waals surface area contributed by atoms with Gasteiger partial charge in [-0.3, -0.25) is 4.79 Å². The molecular formula is C9H18N2O. The van der Waals surface area contributed by atoms with Crippen LogP contribution in [0.4, 0.5) is 0 Å². The summed E-state index contributed by atoms with van der Waals surface area (Å²) in [5, 5.41) is 3.27. The molecule has 1 aliphatic heterocycles. The Morgan fingerprint density at radius 2 is 2.08 bits per heavy atom. The van der Waals surface area contributed by atoms with E-state index in [1.165, 1.54) is 0 Å². The molecule has 1 rings (SSSR count). The van der Waals surface area contributed by atoms with Crippen molar-refractivity contribution in [2.45, 2.75) is 13.3 Å². The van der Waals surface area contributed by atoms with E-state index in [-0.39, 0.29) is 11.8 Å². The minimum Gasteiger partial charge on any atom is -0.349 e. The van der Waals surface area contributed by atoms with Gasteiger partial charge >= 0.3 is 0 Å². The molecule has 0 radical (unpaired) electrons. The molecule has 3 nitrogen and oxygen atoms in total. The highest BCUT2D eigenvalue weighted by atomic mass is 16.2. The van der Waals surface area contributed by atoms with Crippen molar-refractivity contribution in [1.29, 1.82) is 0 Å². The summed E-state index contributed by atoms with van der Waals surface area (Å²) in [5.74, 6) is 1.09. The van der Waals surface area contributed by atoms with Gasteiger partial charge in [-0.1, -0.05) is 6.92 Å². The molecular weight excluding hydrogens is 152 g/mol. The van der Waals surface area contributed by atoms with Gasteiger partial charge in [0.2, 0.25) is 5.91 Å². The van der Waals surface area contributed by atoms with E-state index in [1.54, 1.807) is 4.90 Å². The number of nitrogens with one attached hydrogen (secondary N) is 1. The Hall–Kier alpha value is -0.570. The number of piperidine rings is 1. The highest BCUT2D eigenvalue weighted by Crippen LogP contribution is 2.16. The molecule has 1 heterocycles. The Kier molecular flexibility index (Phi) is 3.09. The Bertz CT molecular complexity index is 168. The molecule has 0 bridgehead atoms. The molecule has 0 aromatic carbocycles. The van der Waals surface area contributed by atoms with Gasteiger partial charge in [-0.15, -0.1) is 0 Å². The van der Waals surface area contributed by atoms with Crippen LogP contribution in [0.25, 0.3) is 0 Å². The molecule has 1 fully saturated rings. The molecule has 12 heavy (non-hydrogen) atoms. The zero-order valence-electron chi connectivity index (χ0n) is 8.13. The summed E-state index contributed by atoms with van der Waals surface area (Å²) < 4.78 is 0. The van der Waals surface area contributed by atoms with Crippen molar-refractivity contribution in [3.8, 4) is 0 Å². The lowest BCUT2D eigenvalue weighted by atomic mass is 9.91. The number of hydrogen-bond acceptors (Lipinski definition) is 2. The Morgan fingerprint density at radius 3 is 2.58 bits per heavy atom. The molecule has 1 aliphatic rings. The van der Waals surface area contributed by atoms with Crippen LogP contribution in [-0.4, -0.2) is 38.0 Å². The fraction of sp³-hybridized carbons (Fsp3) is 0.889. The van der Waals surface area contributed by atoms with E-state index in [4.69, 9.17) is 0 Å². The van der Waals surface area contributed by atoms with Gasteiger partial charge in [0.15, 0.2) is 0 Å². The van der Waals surface area contributed by atoms with Gasteiger partial charge in [0.25, 0.3) is 0 Å². The molecule has 1 amide bonds. The molecule has 0 aromatic heterocycles. The number of nitrogens with zero attached hydrogens (tertiary/aromatic N) is 1. The summed E-state index contributed by atoms with van der Waals surface area (Å²) in [6.45, 7) is 4.08. The molecule has 0 unspecified atom stereocenters. The average Bonchev–Trinajstić information content (AvgIpc) is 2.03. The van der Waals surface area contributed by atoms with Gasteiger partial charge < -0.3 is 10.2 Å². The predicted octanol–water partition coefficient (Wildman–Crippen LogP) is 0.320. The first-order valence-electron chi connectivity index (χ1n) is 4.53. The van der Waals surface area contributed by atoms with Crippen LogP contribution in [0.2, 0.25) is 0 Å². The van der Waals surface area contributed by atoms with Crippen molar-refractivity contribution in [3.05, 3.63) is 0 Å². The number of hydrogen-bond donors (Lipinski definition) is 1. The van der Waals surface area contributed by atoms with Crippen LogP contribution < -0.4 is 5.32 Å². The van der Waals surface area contributed by atoms with Gasteiger partial charge in [0.1, 0.15) is 0 Å². The summed E-state index contributed by atoms with van der Waals surface area (Å²) in [7, 11) is 3.64. The molecule has 1 saturated heterocycles. The molecule has 0 spiro atoms. The zero-order valence-corrected chi connectivity index (χ0v) is 8.13. The maximum absolute atomic E-state index is 11.5. The van der Waals surface area contributed by atoms with E-state index in [0.29, 0.717) is 5.92 Å². The van der Waals surface area contributed by atoms with Crippen LogP contribution in [0, 0.1) is 11.8 Å². The van der Waals surface area contributed by atoms with Gasteiger partial charge in [-0.2, -0.15) is 0 Å². The first kappa shape index (κ1) is 9.52. The quantitative estimate of drug-likeness (QED) is 0.614. The lowest BCUT2D eigenvalue weighted by Crippen LogP contribution is -2.42. The average molecular weight is 170 g/mol. The van der Waals surface area contributed by atoms with Crippen LogP contribution in [-0.2, 0) is 4.79 Å². The summed E-state index contributed by atoms with van der Waals surface area (Å²) >= 11 is 0. The topological polar surface area (TPSA) is 32.3 Å². The number of amides is 1. The van der Waals surface area contributed by atoms with Gasteiger partial charge in [-0.25, -0.2) is 0 Å². The summed E-state index contributed by atoms with van der Waals surface area (Å²) in [6, 6.07) is 0. The lowest BCUT2D eigenvalue weighted by molar-refractivity contribution is -0.133. The standard InChI is InChI=1S/C9H18N2O/c1-7-4-8(6-10-5-7)9(12)11(2)3/h7-8,10H,4-6H2,1-3H3/t7-,8+/m0/s1. The van der Waals surface area contributed by atoms with Crippen molar-refractivity contribution < 1.29 is 4.79 Å². The summed E-state index contributed by atoms with van der Waals surface area (Å²) in [6.07, 6.45) is 1.03. The highest BCUT2D eigenvalue weighted by molar-refractivity contribution is 5.78. The molecule has 70 valence electrons. The molecule has 0 aromatic rings.